The summed E-state index contributed by atoms with van der Waals surface area (Å²) in [4.78, 5) is 39.8. The molecule has 3 aromatic rings. The van der Waals surface area contributed by atoms with Crippen LogP contribution < -0.4 is 4.90 Å². The number of amides is 2. The van der Waals surface area contributed by atoms with Crippen molar-refractivity contribution in [1.29, 1.82) is 0 Å². The highest BCUT2D eigenvalue weighted by Gasteiger charge is 2.70. The molecule has 0 saturated carbocycles. The van der Waals surface area contributed by atoms with Gasteiger partial charge in [-0.05, 0) is 28.3 Å². The fourth-order valence-electron chi connectivity index (χ4n) is 6.57. The molecule has 0 N–H and O–H groups in total. The number of hydrogen-bond acceptors (Lipinski definition) is 4. The summed E-state index contributed by atoms with van der Waals surface area (Å²) in [6.45, 7) is 4.12. The molecule has 3 aromatic carbocycles. The van der Waals surface area contributed by atoms with E-state index in [1.54, 1.807) is 6.07 Å². The van der Waals surface area contributed by atoms with Crippen LogP contribution in [0.4, 0.5) is 11.4 Å². The van der Waals surface area contributed by atoms with Crippen molar-refractivity contribution in [1.82, 2.24) is 0 Å². The molecular weight excluding hydrogens is 404 g/mol. The number of nitro groups is 1. The first kappa shape index (κ1) is 18.9. The van der Waals surface area contributed by atoms with E-state index in [0.29, 0.717) is 0 Å². The van der Waals surface area contributed by atoms with Gasteiger partial charge < -0.3 is 0 Å². The molecule has 158 valence electrons. The predicted octanol–water partition coefficient (Wildman–Crippen LogP) is 4.34. The van der Waals surface area contributed by atoms with Crippen LogP contribution >= 0.6 is 0 Å². The van der Waals surface area contributed by atoms with Crippen molar-refractivity contribution in [2.45, 2.75) is 24.7 Å². The fraction of sp³-hybridized carbons (Fsp3) is 0.231. The third-order valence-electron chi connectivity index (χ3n) is 7.94. The Balaban J connectivity index is 1.63. The first-order valence-corrected chi connectivity index (χ1v) is 10.6. The summed E-state index contributed by atoms with van der Waals surface area (Å²) in [5, 5.41) is 11.3. The summed E-state index contributed by atoms with van der Waals surface area (Å²) in [5.74, 6) is -1.75. The van der Waals surface area contributed by atoms with Crippen LogP contribution in [0.5, 0.6) is 0 Å². The monoisotopic (exact) mass is 424 g/mol. The van der Waals surface area contributed by atoms with Gasteiger partial charge in [-0.15, -0.1) is 0 Å². The third-order valence-corrected chi connectivity index (χ3v) is 7.94. The Morgan fingerprint density at radius 1 is 0.750 bits per heavy atom. The standard InChI is InChI=1S/C26H20N2O4/c1-25-17-10-3-5-12-19(17)26(2,20-13-6-4-11-18(20)25)22-21(25)23(29)27(24(22)30)15-8-7-9-16(14-15)28(31)32/h3-14,21-22H,1-2H3/t21-,22-,25?,26?/m1/s1. The Kier molecular flexibility index (Phi) is 3.50. The zero-order chi connectivity index (χ0) is 22.4. The Morgan fingerprint density at radius 2 is 1.19 bits per heavy atom. The molecule has 1 fully saturated rings. The van der Waals surface area contributed by atoms with Crippen molar-refractivity contribution in [3.63, 3.8) is 0 Å². The van der Waals surface area contributed by atoms with Gasteiger partial charge in [0.15, 0.2) is 0 Å². The summed E-state index contributed by atoms with van der Waals surface area (Å²) in [5.41, 5.74) is 3.06. The Morgan fingerprint density at radius 3 is 1.59 bits per heavy atom. The number of carbonyl (C=O) groups excluding carboxylic acids is 2. The van der Waals surface area contributed by atoms with Gasteiger partial charge in [0.2, 0.25) is 11.8 Å². The second-order valence-electron chi connectivity index (χ2n) is 9.24. The van der Waals surface area contributed by atoms with Gasteiger partial charge in [0, 0.05) is 23.0 Å². The molecule has 4 aliphatic rings. The van der Waals surface area contributed by atoms with Gasteiger partial charge in [-0.2, -0.15) is 0 Å². The van der Waals surface area contributed by atoms with Crippen LogP contribution in [-0.2, 0) is 20.4 Å². The fourth-order valence-corrected chi connectivity index (χ4v) is 6.57. The average molecular weight is 424 g/mol. The zero-order valence-corrected chi connectivity index (χ0v) is 17.6. The molecule has 1 aliphatic heterocycles. The number of imide groups is 1. The minimum Gasteiger partial charge on any atom is -0.274 e. The van der Waals surface area contributed by atoms with Crippen LogP contribution in [0.1, 0.15) is 36.1 Å². The maximum absolute atomic E-state index is 13.9. The summed E-state index contributed by atoms with van der Waals surface area (Å²) < 4.78 is 0. The van der Waals surface area contributed by atoms with Crippen molar-refractivity contribution in [3.05, 3.63) is 105 Å². The number of rotatable bonds is 2. The molecule has 7 rings (SSSR count). The van der Waals surface area contributed by atoms with Crippen molar-refractivity contribution in [2.24, 2.45) is 11.8 Å². The Bertz CT molecular complexity index is 1240. The highest BCUT2D eigenvalue weighted by atomic mass is 16.6. The Hall–Kier alpha value is -3.80. The zero-order valence-electron chi connectivity index (χ0n) is 17.6. The van der Waals surface area contributed by atoms with Gasteiger partial charge in [-0.3, -0.25) is 19.7 Å². The molecule has 2 bridgehead atoms. The highest BCUT2D eigenvalue weighted by Crippen LogP contribution is 2.66. The molecular formula is C26H20N2O4. The maximum Gasteiger partial charge on any atom is 0.271 e. The minimum absolute atomic E-state index is 0.148. The second kappa shape index (κ2) is 5.91. The van der Waals surface area contributed by atoms with Gasteiger partial charge in [-0.1, -0.05) is 68.4 Å². The molecule has 1 heterocycles. The van der Waals surface area contributed by atoms with Crippen molar-refractivity contribution < 1.29 is 14.5 Å². The van der Waals surface area contributed by atoms with Crippen LogP contribution in [0.2, 0.25) is 0 Å². The van der Waals surface area contributed by atoms with Crippen molar-refractivity contribution in [2.75, 3.05) is 4.90 Å². The van der Waals surface area contributed by atoms with Gasteiger partial charge in [0.05, 0.1) is 22.4 Å². The number of anilines is 1. The number of non-ortho nitro benzene ring substituents is 1. The van der Waals surface area contributed by atoms with Crippen LogP contribution in [0.25, 0.3) is 0 Å². The van der Waals surface area contributed by atoms with Gasteiger partial charge in [0.1, 0.15) is 0 Å². The lowest BCUT2D eigenvalue weighted by Gasteiger charge is -2.57. The molecule has 0 radical (unpaired) electrons. The van der Waals surface area contributed by atoms with Crippen molar-refractivity contribution >= 4 is 23.2 Å². The van der Waals surface area contributed by atoms with E-state index in [1.165, 1.54) is 23.1 Å². The highest BCUT2D eigenvalue weighted by molar-refractivity contribution is 6.24. The summed E-state index contributed by atoms with van der Waals surface area (Å²) >= 11 is 0. The number of nitrogens with zero attached hydrogens (tertiary/aromatic N) is 2. The van der Waals surface area contributed by atoms with E-state index in [1.807, 2.05) is 24.3 Å². The minimum atomic E-state index is -0.669. The van der Waals surface area contributed by atoms with Crippen LogP contribution in [0.3, 0.4) is 0 Å². The smallest absolute Gasteiger partial charge is 0.271 e. The number of hydrogen-bond donors (Lipinski definition) is 0. The molecule has 3 aliphatic carbocycles. The molecule has 0 aromatic heterocycles. The van der Waals surface area contributed by atoms with E-state index in [0.717, 1.165) is 22.3 Å². The van der Waals surface area contributed by atoms with E-state index >= 15 is 0 Å². The van der Waals surface area contributed by atoms with E-state index in [2.05, 4.69) is 38.1 Å². The molecule has 32 heavy (non-hydrogen) atoms. The lowest BCUT2D eigenvalue weighted by molar-refractivity contribution is -0.384. The summed E-state index contributed by atoms with van der Waals surface area (Å²) in [6.07, 6.45) is 0. The molecule has 0 unspecified atom stereocenters. The largest absolute Gasteiger partial charge is 0.274 e. The van der Waals surface area contributed by atoms with E-state index in [4.69, 9.17) is 0 Å². The maximum atomic E-state index is 13.9. The number of carbonyl (C=O) groups is 2. The molecule has 6 heteroatoms. The topological polar surface area (TPSA) is 80.5 Å². The average Bonchev–Trinajstić information content (AvgIpc) is 3.08. The van der Waals surface area contributed by atoms with E-state index in [-0.39, 0.29) is 23.2 Å². The molecule has 2 amide bonds. The lowest BCUT2D eigenvalue weighted by atomic mass is 9.42. The van der Waals surface area contributed by atoms with Gasteiger partial charge in [0.25, 0.3) is 5.69 Å². The Labute approximate surface area is 184 Å². The first-order valence-electron chi connectivity index (χ1n) is 10.6. The quantitative estimate of drug-likeness (QED) is 0.348. The van der Waals surface area contributed by atoms with E-state index < -0.39 is 27.6 Å². The molecule has 2 atom stereocenters. The second-order valence-corrected chi connectivity index (χ2v) is 9.24. The third kappa shape index (κ3) is 1.96. The number of benzene rings is 3. The van der Waals surface area contributed by atoms with Crippen LogP contribution in [-0.4, -0.2) is 16.7 Å². The predicted molar refractivity (Wildman–Crippen MR) is 118 cm³/mol. The van der Waals surface area contributed by atoms with Crippen LogP contribution in [0.15, 0.2) is 72.8 Å². The van der Waals surface area contributed by atoms with Crippen LogP contribution in [0, 0.1) is 22.0 Å². The molecule has 6 nitrogen and oxygen atoms in total. The molecule has 0 spiro atoms. The van der Waals surface area contributed by atoms with Gasteiger partial charge in [-0.25, -0.2) is 4.90 Å². The molecule has 1 saturated heterocycles. The summed E-state index contributed by atoms with van der Waals surface area (Å²) in [6, 6.07) is 21.9. The SMILES string of the molecule is CC12c3ccccc3C(C)(c3ccccc31)[C@H]1C(=O)N(c3cccc([N+](=O)[O-])c3)C(=O)[C@@H]12. The first-order chi connectivity index (χ1) is 15.3. The summed E-state index contributed by atoms with van der Waals surface area (Å²) in [7, 11) is 0. The van der Waals surface area contributed by atoms with Gasteiger partial charge >= 0.3 is 0 Å². The van der Waals surface area contributed by atoms with E-state index in [9.17, 15) is 19.7 Å². The number of nitro benzene ring substituents is 1. The lowest BCUT2D eigenvalue weighted by Crippen LogP contribution is -2.59. The normalized spacial score (nSPS) is 29.5. The van der Waals surface area contributed by atoms with Crippen molar-refractivity contribution in [3.8, 4) is 0 Å².